The van der Waals surface area contributed by atoms with E-state index in [4.69, 9.17) is 9.84 Å². The van der Waals surface area contributed by atoms with E-state index in [0.29, 0.717) is 13.2 Å². The molecule has 0 saturated carbocycles. The number of ether oxygens (including phenoxy) is 1. The SMILES string of the molecule is CC(NC(=O)Nc1ccc(C(=O)O)cc1F)C1CCOC1. The summed E-state index contributed by atoms with van der Waals surface area (Å²) in [5.74, 6) is -1.77. The average molecular weight is 296 g/mol. The molecular weight excluding hydrogens is 279 g/mol. The highest BCUT2D eigenvalue weighted by Gasteiger charge is 2.23. The van der Waals surface area contributed by atoms with E-state index >= 15 is 0 Å². The van der Waals surface area contributed by atoms with Crippen LogP contribution in [-0.4, -0.2) is 36.4 Å². The largest absolute Gasteiger partial charge is 0.478 e. The lowest BCUT2D eigenvalue weighted by atomic mass is 10.0. The van der Waals surface area contributed by atoms with Crippen molar-refractivity contribution in [3.63, 3.8) is 0 Å². The van der Waals surface area contributed by atoms with Crippen LogP contribution in [0.4, 0.5) is 14.9 Å². The molecule has 1 aromatic carbocycles. The first-order chi connectivity index (χ1) is 9.97. The molecule has 7 heteroatoms. The third kappa shape index (κ3) is 3.91. The summed E-state index contributed by atoms with van der Waals surface area (Å²) in [6, 6.07) is 2.70. The van der Waals surface area contributed by atoms with Gasteiger partial charge in [0.1, 0.15) is 5.82 Å². The fourth-order valence-corrected chi connectivity index (χ4v) is 2.18. The summed E-state index contributed by atoms with van der Waals surface area (Å²) >= 11 is 0. The molecule has 2 amide bonds. The number of aromatic carboxylic acids is 1. The van der Waals surface area contributed by atoms with Crippen LogP contribution in [0, 0.1) is 11.7 Å². The van der Waals surface area contributed by atoms with Crippen molar-refractivity contribution in [2.24, 2.45) is 5.92 Å². The van der Waals surface area contributed by atoms with Crippen LogP contribution in [0.15, 0.2) is 18.2 Å². The van der Waals surface area contributed by atoms with Crippen LogP contribution in [0.25, 0.3) is 0 Å². The lowest BCUT2D eigenvalue weighted by molar-refractivity contribution is 0.0696. The predicted octanol–water partition coefficient (Wildman–Crippen LogP) is 2.07. The first-order valence-corrected chi connectivity index (χ1v) is 6.65. The van der Waals surface area contributed by atoms with Crippen molar-refractivity contribution in [2.45, 2.75) is 19.4 Å². The smallest absolute Gasteiger partial charge is 0.335 e. The van der Waals surface area contributed by atoms with Crippen LogP contribution < -0.4 is 10.6 Å². The Bertz CT molecular complexity index is 544. The molecule has 2 atom stereocenters. The summed E-state index contributed by atoms with van der Waals surface area (Å²) in [6.45, 7) is 3.15. The van der Waals surface area contributed by atoms with Gasteiger partial charge in [-0.3, -0.25) is 0 Å². The van der Waals surface area contributed by atoms with Gasteiger partial charge in [0, 0.05) is 18.6 Å². The number of halogens is 1. The molecule has 0 radical (unpaired) electrons. The van der Waals surface area contributed by atoms with Crippen LogP contribution in [-0.2, 0) is 4.74 Å². The molecule has 0 spiro atoms. The maximum absolute atomic E-state index is 13.7. The molecule has 0 bridgehead atoms. The number of hydrogen-bond acceptors (Lipinski definition) is 3. The van der Waals surface area contributed by atoms with Gasteiger partial charge in [-0.1, -0.05) is 0 Å². The number of carbonyl (C=O) groups is 2. The van der Waals surface area contributed by atoms with Crippen LogP contribution in [0.3, 0.4) is 0 Å². The topological polar surface area (TPSA) is 87.7 Å². The molecular formula is C14H17FN2O4. The van der Waals surface area contributed by atoms with Crippen molar-refractivity contribution < 1.29 is 23.8 Å². The Hall–Kier alpha value is -2.15. The molecule has 1 fully saturated rings. The number of carboxylic acids is 1. The van der Waals surface area contributed by atoms with Crippen LogP contribution >= 0.6 is 0 Å². The number of amides is 2. The maximum atomic E-state index is 13.7. The van der Waals surface area contributed by atoms with Gasteiger partial charge in [-0.05, 0) is 31.5 Å². The fourth-order valence-electron chi connectivity index (χ4n) is 2.18. The Labute approximate surface area is 121 Å². The lowest BCUT2D eigenvalue weighted by Crippen LogP contribution is -2.41. The molecule has 0 aliphatic carbocycles. The second-order valence-electron chi connectivity index (χ2n) is 5.01. The minimum atomic E-state index is -1.22. The number of urea groups is 1. The van der Waals surface area contributed by atoms with E-state index < -0.39 is 17.8 Å². The number of rotatable bonds is 4. The van der Waals surface area contributed by atoms with Crippen molar-refractivity contribution in [1.82, 2.24) is 5.32 Å². The molecule has 1 aliphatic rings. The Morgan fingerprint density at radius 2 is 2.24 bits per heavy atom. The van der Waals surface area contributed by atoms with Crippen LogP contribution in [0.5, 0.6) is 0 Å². The molecule has 2 unspecified atom stereocenters. The minimum Gasteiger partial charge on any atom is -0.478 e. The number of nitrogens with one attached hydrogen (secondary N) is 2. The Balaban J connectivity index is 1.94. The van der Waals surface area contributed by atoms with Gasteiger partial charge < -0.3 is 20.5 Å². The van der Waals surface area contributed by atoms with Crippen molar-refractivity contribution in [3.8, 4) is 0 Å². The molecule has 114 valence electrons. The van der Waals surface area contributed by atoms with Gasteiger partial charge in [0.15, 0.2) is 0 Å². The van der Waals surface area contributed by atoms with Gasteiger partial charge in [0.25, 0.3) is 0 Å². The van der Waals surface area contributed by atoms with Crippen molar-refractivity contribution in [1.29, 1.82) is 0 Å². The van der Waals surface area contributed by atoms with Crippen LogP contribution in [0.1, 0.15) is 23.7 Å². The van der Waals surface area contributed by atoms with Gasteiger partial charge in [0.05, 0.1) is 17.9 Å². The normalized spacial score (nSPS) is 19.0. The summed E-state index contributed by atoms with van der Waals surface area (Å²) in [6.07, 6.45) is 0.878. The molecule has 21 heavy (non-hydrogen) atoms. The molecule has 3 N–H and O–H groups in total. The van der Waals surface area contributed by atoms with Crippen LogP contribution in [0.2, 0.25) is 0 Å². The van der Waals surface area contributed by atoms with Gasteiger partial charge in [0.2, 0.25) is 0 Å². The predicted molar refractivity (Wildman–Crippen MR) is 73.9 cm³/mol. The molecule has 1 aliphatic heterocycles. The molecule has 1 saturated heterocycles. The van der Waals surface area contributed by atoms with Gasteiger partial charge in [-0.2, -0.15) is 0 Å². The Morgan fingerprint density at radius 1 is 1.48 bits per heavy atom. The fraction of sp³-hybridized carbons (Fsp3) is 0.429. The van der Waals surface area contributed by atoms with E-state index in [-0.39, 0.29) is 23.2 Å². The van der Waals surface area contributed by atoms with E-state index in [9.17, 15) is 14.0 Å². The average Bonchev–Trinajstić information content (AvgIpc) is 2.94. The lowest BCUT2D eigenvalue weighted by Gasteiger charge is -2.19. The highest BCUT2D eigenvalue weighted by Crippen LogP contribution is 2.18. The van der Waals surface area contributed by atoms with Gasteiger partial charge in [-0.25, -0.2) is 14.0 Å². The monoisotopic (exact) mass is 296 g/mol. The third-order valence-corrected chi connectivity index (χ3v) is 3.50. The summed E-state index contributed by atoms with van der Waals surface area (Å²) in [4.78, 5) is 22.5. The number of hydrogen-bond donors (Lipinski definition) is 3. The summed E-state index contributed by atoms with van der Waals surface area (Å²) in [5.41, 5.74) is -0.234. The molecule has 1 heterocycles. The summed E-state index contributed by atoms with van der Waals surface area (Å²) < 4.78 is 18.9. The number of carboxylic acid groups (broad SMARTS) is 1. The highest BCUT2D eigenvalue weighted by molar-refractivity contribution is 5.91. The van der Waals surface area contributed by atoms with E-state index in [1.54, 1.807) is 0 Å². The number of anilines is 1. The first kappa shape index (κ1) is 15.2. The van der Waals surface area contributed by atoms with Crippen molar-refractivity contribution in [2.75, 3.05) is 18.5 Å². The molecule has 0 aromatic heterocycles. The second kappa shape index (κ2) is 6.53. The van der Waals surface area contributed by atoms with Crippen molar-refractivity contribution >= 4 is 17.7 Å². The van der Waals surface area contributed by atoms with E-state index in [0.717, 1.165) is 12.5 Å². The first-order valence-electron chi connectivity index (χ1n) is 6.65. The quantitative estimate of drug-likeness (QED) is 0.793. The molecule has 1 aromatic rings. The van der Waals surface area contributed by atoms with Gasteiger partial charge >= 0.3 is 12.0 Å². The second-order valence-corrected chi connectivity index (χ2v) is 5.01. The number of benzene rings is 1. The van der Waals surface area contributed by atoms with Crippen molar-refractivity contribution in [3.05, 3.63) is 29.6 Å². The summed E-state index contributed by atoms with van der Waals surface area (Å²) in [7, 11) is 0. The van der Waals surface area contributed by atoms with E-state index in [1.165, 1.54) is 12.1 Å². The third-order valence-electron chi connectivity index (χ3n) is 3.50. The number of carbonyl (C=O) groups excluding carboxylic acids is 1. The highest BCUT2D eigenvalue weighted by atomic mass is 19.1. The zero-order valence-corrected chi connectivity index (χ0v) is 11.6. The zero-order chi connectivity index (χ0) is 15.4. The van der Waals surface area contributed by atoms with E-state index in [1.807, 2.05) is 6.92 Å². The Kier molecular flexibility index (Phi) is 4.74. The summed E-state index contributed by atoms with van der Waals surface area (Å²) in [5, 5.41) is 13.8. The molecule has 2 rings (SSSR count). The maximum Gasteiger partial charge on any atom is 0.335 e. The van der Waals surface area contributed by atoms with Gasteiger partial charge in [-0.15, -0.1) is 0 Å². The Morgan fingerprint density at radius 3 is 2.81 bits per heavy atom. The zero-order valence-electron chi connectivity index (χ0n) is 11.6. The standard InChI is InChI=1S/C14H17FN2O4/c1-8(10-4-5-21-7-10)16-14(20)17-12-3-2-9(13(18)19)6-11(12)15/h2-3,6,8,10H,4-5,7H2,1H3,(H,18,19)(H2,16,17,20). The van der Waals surface area contributed by atoms with E-state index in [2.05, 4.69) is 10.6 Å². The molecule has 6 nitrogen and oxygen atoms in total. The minimum absolute atomic E-state index is 0.0626.